The molecule has 1 atom stereocenters. The van der Waals surface area contributed by atoms with Crippen LogP contribution in [0.2, 0.25) is 5.02 Å². The van der Waals surface area contributed by atoms with Gasteiger partial charge in [-0.25, -0.2) is 0 Å². The molecule has 1 aliphatic rings. The van der Waals surface area contributed by atoms with Gasteiger partial charge in [0.05, 0.1) is 6.54 Å². The highest BCUT2D eigenvalue weighted by Gasteiger charge is 2.26. The Morgan fingerprint density at radius 3 is 2.63 bits per heavy atom. The number of amides is 2. The van der Waals surface area contributed by atoms with Crippen molar-refractivity contribution in [3.63, 3.8) is 0 Å². The van der Waals surface area contributed by atoms with Crippen LogP contribution in [-0.4, -0.2) is 31.0 Å². The van der Waals surface area contributed by atoms with E-state index < -0.39 is 0 Å². The predicted molar refractivity (Wildman–Crippen MR) is 106 cm³/mol. The van der Waals surface area contributed by atoms with Crippen molar-refractivity contribution in [2.45, 2.75) is 32.8 Å². The van der Waals surface area contributed by atoms with E-state index in [-0.39, 0.29) is 24.3 Å². The molecule has 27 heavy (non-hydrogen) atoms. The highest BCUT2D eigenvalue weighted by molar-refractivity contribution is 6.30. The SMILES string of the molecule is CC(=O)NCCC(=O)NC[C@H]1Cc2cc(C)cc(-c3ccc(Cl)cc3)c2O1. The Labute approximate surface area is 164 Å². The maximum atomic E-state index is 11.9. The van der Waals surface area contributed by atoms with Crippen LogP contribution in [0.25, 0.3) is 11.1 Å². The smallest absolute Gasteiger partial charge is 0.221 e. The second-order valence-electron chi connectivity index (χ2n) is 6.79. The van der Waals surface area contributed by atoms with Crippen molar-refractivity contribution in [3.8, 4) is 16.9 Å². The van der Waals surface area contributed by atoms with Gasteiger partial charge < -0.3 is 15.4 Å². The van der Waals surface area contributed by atoms with E-state index in [4.69, 9.17) is 16.3 Å². The molecule has 2 aromatic carbocycles. The third-order valence-corrected chi connectivity index (χ3v) is 4.70. The highest BCUT2D eigenvalue weighted by atomic mass is 35.5. The normalized spacial score (nSPS) is 15.0. The van der Waals surface area contributed by atoms with Crippen molar-refractivity contribution in [1.82, 2.24) is 10.6 Å². The number of hydrogen-bond acceptors (Lipinski definition) is 3. The first-order chi connectivity index (χ1) is 12.9. The number of hydrogen-bond donors (Lipinski definition) is 2. The quantitative estimate of drug-likeness (QED) is 0.800. The molecule has 0 radical (unpaired) electrons. The molecule has 3 rings (SSSR count). The van der Waals surface area contributed by atoms with Gasteiger partial charge in [-0.05, 0) is 41.8 Å². The molecule has 6 heteroatoms. The number of fused-ring (bicyclic) bond motifs is 1. The Hall–Kier alpha value is -2.53. The summed E-state index contributed by atoms with van der Waals surface area (Å²) >= 11 is 6.00. The molecular weight excluding hydrogens is 364 g/mol. The lowest BCUT2D eigenvalue weighted by atomic mass is 9.98. The van der Waals surface area contributed by atoms with Crippen LogP contribution in [0.3, 0.4) is 0 Å². The first kappa shape index (κ1) is 19.2. The number of carbonyl (C=O) groups excluding carboxylic acids is 2. The van der Waals surface area contributed by atoms with Crippen molar-refractivity contribution >= 4 is 23.4 Å². The number of benzene rings is 2. The molecular formula is C21H23ClN2O3. The molecule has 2 N–H and O–H groups in total. The molecule has 1 aliphatic heterocycles. The first-order valence-electron chi connectivity index (χ1n) is 8.99. The van der Waals surface area contributed by atoms with Gasteiger partial charge in [0, 0.05) is 36.9 Å². The van der Waals surface area contributed by atoms with E-state index in [9.17, 15) is 9.59 Å². The van der Waals surface area contributed by atoms with Gasteiger partial charge in [0.25, 0.3) is 0 Å². The van der Waals surface area contributed by atoms with Crippen LogP contribution < -0.4 is 15.4 Å². The molecule has 2 aromatic rings. The molecule has 0 unspecified atom stereocenters. The van der Waals surface area contributed by atoms with E-state index in [2.05, 4.69) is 29.7 Å². The van der Waals surface area contributed by atoms with Gasteiger partial charge in [-0.15, -0.1) is 0 Å². The molecule has 0 bridgehead atoms. The van der Waals surface area contributed by atoms with Crippen molar-refractivity contribution in [1.29, 1.82) is 0 Å². The monoisotopic (exact) mass is 386 g/mol. The zero-order valence-electron chi connectivity index (χ0n) is 15.5. The van der Waals surface area contributed by atoms with Crippen LogP contribution >= 0.6 is 11.6 Å². The van der Waals surface area contributed by atoms with E-state index in [0.717, 1.165) is 28.9 Å². The summed E-state index contributed by atoms with van der Waals surface area (Å²) in [6, 6.07) is 11.9. The Bertz CT molecular complexity index is 849. The molecule has 2 amide bonds. The lowest BCUT2D eigenvalue weighted by Crippen LogP contribution is -2.36. The largest absolute Gasteiger partial charge is 0.487 e. The summed E-state index contributed by atoms with van der Waals surface area (Å²) in [5.74, 6) is 0.639. The molecule has 1 heterocycles. The fraction of sp³-hybridized carbons (Fsp3) is 0.333. The summed E-state index contributed by atoms with van der Waals surface area (Å²) in [6.07, 6.45) is 0.912. The summed E-state index contributed by atoms with van der Waals surface area (Å²) in [7, 11) is 0. The molecule has 0 saturated heterocycles. The molecule has 0 saturated carbocycles. The lowest BCUT2D eigenvalue weighted by molar-refractivity contribution is -0.121. The fourth-order valence-corrected chi connectivity index (χ4v) is 3.34. The van der Waals surface area contributed by atoms with Gasteiger partial charge in [0.1, 0.15) is 11.9 Å². The summed E-state index contributed by atoms with van der Waals surface area (Å²) in [5.41, 5.74) is 4.42. The summed E-state index contributed by atoms with van der Waals surface area (Å²) in [5, 5.41) is 6.19. The second kappa shape index (κ2) is 8.44. The number of halogens is 1. The number of nitrogens with one attached hydrogen (secondary N) is 2. The average molecular weight is 387 g/mol. The molecule has 142 valence electrons. The van der Waals surface area contributed by atoms with Gasteiger partial charge in [0.15, 0.2) is 0 Å². The van der Waals surface area contributed by atoms with E-state index in [1.54, 1.807) is 0 Å². The maximum absolute atomic E-state index is 11.9. The molecule has 0 aromatic heterocycles. The van der Waals surface area contributed by atoms with Crippen molar-refractivity contribution in [2.24, 2.45) is 0 Å². The van der Waals surface area contributed by atoms with Gasteiger partial charge in [-0.2, -0.15) is 0 Å². The summed E-state index contributed by atoms with van der Waals surface area (Å²) in [6.45, 7) is 4.28. The molecule has 5 nitrogen and oxygen atoms in total. The molecule has 0 aliphatic carbocycles. The molecule has 0 fully saturated rings. The van der Waals surface area contributed by atoms with Gasteiger partial charge in [-0.3, -0.25) is 9.59 Å². The maximum Gasteiger partial charge on any atom is 0.221 e. The van der Waals surface area contributed by atoms with E-state index in [0.29, 0.717) is 18.1 Å². The third kappa shape index (κ3) is 5.01. The van der Waals surface area contributed by atoms with E-state index >= 15 is 0 Å². The minimum atomic E-state index is -0.137. The van der Waals surface area contributed by atoms with E-state index in [1.807, 2.05) is 24.3 Å². The molecule has 0 spiro atoms. The van der Waals surface area contributed by atoms with Crippen LogP contribution in [-0.2, 0) is 16.0 Å². The van der Waals surface area contributed by atoms with Gasteiger partial charge >= 0.3 is 0 Å². The van der Waals surface area contributed by atoms with Crippen molar-refractivity contribution < 1.29 is 14.3 Å². The van der Waals surface area contributed by atoms with Crippen LogP contribution in [0, 0.1) is 6.92 Å². The predicted octanol–water partition coefficient (Wildman–Crippen LogP) is 3.26. The van der Waals surface area contributed by atoms with Gasteiger partial charge in [-0.1, -0.05) is 29.8 Å². The summed E-state index contributed by atoms with van der Waals surface area (Å²) < 4.78 is 6.15. The van der Waals surface area contributed by atoms with Gasteiger partial charge in [0.2, 0.25) is 11.8 Å². The van der Waals surface area contributed by atoms with Crippen LogP contribution in [0.15, 0.2) is 36.4 Å². The van der Waals surface area contributed by atoms with Crippen LogP contribution in [0.1, 0.15) is 24.5 Å². The third-order valence-electron chi connectivity index (χ3n) is 4.45. The Morgan fingerprint density at radius 1 is 1.19 bits per heavy atom. The number of ether oxygens (including phenoxy) is 1. The summed E-state index contributed by atoms with van der Waals surface area (Å²) in [4.78, 5) is 22.7. The Balaban J connectivity index is 1.64. The minimum Gasteiger partial charge on any atom is -0.487 e. The topological polar surface area (TPSA) is 67.4 Å². The first-order valence-corrected chi connectivity index (χ1v) is 9.37. The zero-order chi connectivity index (χ0) is 19.4. The van der Waals surface area contributed by atoms with E-state index in [1.165, 1.54) is 12.5 Å². The van der Waals surface area contributed by atoms with Crippen molar-refractivity contribution in [3.05, 3.63) is 52.5 Å². The minimum absolute atomic E-state index is 0.0995. The number of rotatable bonds is 6. The number of aryl methyl sites for hydroxylation is 1. The Kier molecular flexibility index (Phi) is 6.01. The standard InChI is InChI=1S/C21H23ClN2O3/c1-13-9-16-11-18(12-24-20(26)7-8-23-14(2)25)27-21(16)19(10-13)15-3-5-17(22)6-4-15/h3-6,9-10,18H,7-8,11-12H2,1-2H3,(H,23,25)(H,24,26)/t18-/m1/s1. The Morgan fingerprint density at radius 2 is 1.93 bits per heavy atom. The average Bonchev–Trinajstić information content (AvgIpc) is 3.02. The highest BCUT2D eigenvalue weighted by Crippen LogP contribution is 2.40. The lowest BCUT2D eigenvalue weighted by Gasteiger charge is -2.14. The second-order valence-corrected chi connectivity index (χ2v) is 7.23. The van der Waals surface area contributed by atoms with Crippen molar-refractivity contribution in [2.75, 3.05) is 13.1 Å². The zero-order valence-corrected chi connectivity index (χ0v) is 16.2. The fourth-order valence-electron chi connectivity index (χ4n) is 3.22. The van der Waals surface area contributed by atoms with Crippen LogP contribution in [0.5, 0.6) is 5.75 Å². The van der Waals surface area contributed by atoms with Crippen LogP contribution in [0.4, 0.5) is 0 Å². The number of carbonyl (C=O) groups is 2.